The van der Waals surface area contributed by atoms with E-state index in [2.05, 4.69) is 38.0 Å². The van der Waals surface area contributed by atoms with Crippen LogP contribution >= 0.6 is 11.3 Å². The van der Waals surface area contributed by atoms with Crippen LogP contribution in [0.15, 0.2) is 36.7 Å². The lowest BCUT2D eigenvalue weighted by molar-refractivity contribution is 0.122. The smallest absolute Gasteiger partial charge is 0.186 e. The van der Waals surface area contributed by atoms with Gasteiger partial charge in [-0.2, -0.15) is 0 Å². The molecule has 3 aromatic heterocycles. The molecule has 0 radical (unpaired) electrons. The van der Waals surface area contributed by atoms with E-state index in [1.165, 1.54) is 28.2 Å². The van der Waals surface area contributed by atoms with E-state index in [1.54, 1.807) is 11.3 Å². The molecule has 0 bridgehead atoms. The lowest BCUT2D eigenvalue weighted by Crippen LogP contribution is -2.36. The Morgan fingerprint density at radius 2 is 1.90 bits per heavy atom. The van der Waals surface area contributed by atoms with Crippen LogP contribution in [0.3, 0.4) is 0 Å². The molecule has 1 aromatic carbocycles. The molecule has 0 saturated carbocycles. The van der Waals surface area contributed by atoms with Crippen molar-refractivity contribution in [2.24, 2.45) is 0 Å². The van der Waals surface area contributed by atoms with E-state index in [1.807, 2.05) is 6.20 Å². The number of hydrogen-bond acceptors (Lipinski definition) is 6. The predicted octanol–water partition coefficient (Wildman–Crippen LogP) is 4.53. The highest BCUT2D eigenvalue weighted by atomic mass is 32.1. The maximum atomic E-state index is 13.4. The summed E-state index contributed by atoms with van der Waals surface area (Å²) < 4.78 is 20.1. The van der Waals surface area contributed by atoms with Crippen molar-refractivity contribution in [1.29, 1.82) is 0 Å². The Kier molecular flexibility index (Phi) is 4.76. The first kappa shape index (κ1) is 19.0. The zero-order valence-electron chi connectivity index (χ0n) is 17.2. The Hall–Kier alpha value is -2.71. The van der Waals surface area contributed by atoms with Crippen LogP contribution in [0.5, 0.6) is 0 Å². The van der Waals surface area contributed by atoms with Crippen LogP contribution in [0.25, 0.3) is 21.3 Å². The first-order chi connectivity index (χ1) is 15.2. The van der Waals surface area contributed by atoms with Gasteiger partial charge in [-0.1, -0.05) is 11.3 Å². The van der Waals surface area contributed by atoms with Crippen LogP contribution in [0.4, 0.5) is 15.2 Å². The third-order valence-electron chi connectivity index (χ3n) is 6.45. The van der Waals surface area contributed by atoms with E-state index in [0.717, 1.165) is 73.9 Å². The average Bonchev–Trinajstić information content (AvgIpc) is 3.43. The highest BCUT2D eigenvalue weighted by molar-refractivity contribution is 7.22. The Morgan fingerprint density at radius 3 is 2.74 bits per heavy atom. The summed E-state index contributed by atoms with van der Waals surface area (Å²) in [4.78, 5) is 17.1. The summed E-state index contributed by atoms with van der Waals surface area (Å²) in [5.74, 6) is 0.147. The van der Waals surface area contributed by atoms with Crippen molar-refractivity contribution in [2.45, 2.75) is 18.8 Å². The molecular weight excluding hydrogens is 413 g/mol. The minimum atomic E-state index is -0.300. The number of rotatable bonds is 3. The second kappa shape index (κ2) is 7.76. The number of thiazole rings is 1. The van der Waals surface area contributed by atoms with Crippen LogP contribution in [0.1, 0.15) is 24.3 Å². The van der Waals surface area contributed by atoms with Gasteiger partial charge in [-0.05, 0) is 42.5 Å². The summed E-state index contributed by atoms with van der Waals surface area (Å²) in [6.45, 7) is 5.37. The number of fused-ring (bicyclic) bond motifs is 2. The van der Waals surface area contributed by atoms with E-state index in [4.69, 9.17) is 9.72 Å². The van der Waals surface area contributed by atoms with E-state index < -0.39 is 0 Å². The van der Waals surface area contributed by atoms with Crippen molar-refractivity contribution in [3.63, 3.8) is 0 Å². The zero-order chi connectivity index (χ0) is 20.8. The lowest BCUT2D eigenvalue weighted by atomic mass is 9.90. The Balaban J connectivity index is 1.18. The second-order valence-corrected chi connectivity index (χ2v) is 9.31. The molecular formula is C23H24FN5OS. The molecule has 0 atom stereocenters. The first-order valence-electron chi connectivity index (χ1n) is 10.9. The van der Waals surface area contributed by atoms with Gasteiger partial charge in [-0.3, -0.25) is 4.98 Å². The summed E-state index contributed by atoms with van der Waals surface area (Å²) >= 11 is 1.77. The number of aromatic amines is 1. The van der Waals surface area contributed by atoms with Gasteiger partial charge in [0.05, 0.1) is 40.7 Å². The molecule has 2 saturated heterocycles. The van der Waals surface area contributed by atoms with Crippen molar-refractivity contribution in [3.05, 3.63) is 48.0 Å². The summed E-state index contributed by atoms with van der Waals surface area (Å²) in [7, 11) is 0. The molecule has 6 nitrogen and oxygen atoms in total. The standard InChI is InChI=1S/C23H24FN5OS/c24-16-11-20-22(26-13-16)18(14-25-20)15-3-5-28(6-4-15)17-1-2-19-21(12-17)31-23(27-19)29-7-9-30-10-8-29/h1-2,11-15,25H,3-10H2. The fourth-order valence-corrected chi connectivity index (χ4v) is 5.80. The van der Waals surface area contributed by atoms with E-state index >= 15 is 0 Å². The molecule has 0 unspecified atom stereocenters. The van der Waals surface area contributed by atoms with Crippen molar-refractivity contribution in [2.75, 3.05) is 49.2 Å². The fraction of sp³-hybridized carbons (Fsp3) is 0.391. The number of halogens is 1. The molecule has 2 aliphatic heterocycles. The maximum Gasteiger partial charge on any atom is 0.186 e. The number of H-pyrrole nitrogens is 1. The average molecular weight is 438 g/mol. The highest BCUT2D eigenvalue weighted by Gasteiger charge is 2.24. The van der Waals surface area contributed by atoms with Crippen molar-refractivity contribution >= 4 is 43.4 Å². The minimum Gasteiger partial charge on any atom is -0.378 e. The number of morpholine rings is 1. The Morgan fingerprint density at radius 1 is 1.06 bits per heavy atom. The van der Waals surface area contributed by atoms with Crippen LogP contribution in [-0.4, -0.2) is 54.3 Å². The molecule has 1 N–H and O–H groups in total. The number of anilines is 2. The predicted molar refractivity (Wildman–Crippen MR) is 123 cm³/mol. The minimum absolute atomic E-state index is 0.300. The number of aromatic nitrogens is 3. The number of benzene rings is 1. The van der Waals surface area contributed by atoms with Gasteiger partial charge in [-0.15, -0.1) is 0 Å². The third kappa shape index (κ3) is 3.53. The largest absolute Gasteiger partial charge is 0.378 e. The van der Waals surface area contributed by atoms with Gasteiger partial charge in [0.15, 0.2) is 5.13 Å². The van der Waals surface area contributed by atoms with Gasteiger partial charge in [0.1, 0.15) is 5.82 Å². The SMILES string of the molecule is Fc1cnc2c(C3CCN(c4ccc5nc(N6CCOCC6)sc5c4)CC3)c[nH]c2c1. The molecule has 0 amide bonds. The summed E-state index contributed by atoms with van der Waals surface area (Å²) in [5.41, 5.74) is 5.23. The number of nitrogens with one attached hydrogen (secondary N) is 1. The van der Waals surface area contributed by atoms with Gasteiger partial charge in [-0.25, -0.2) is 9.37 Å². The Bertz CT molecular complexity index is 1220. The molecule has 0 aliphatic carbocycles. The Labute approximate surface area is 183 Å². The van der Waals surface area contributed by atoms with Crippen LogP contribution < -0.4 is 9.80 Å². The summed E-state index contributed by atoms with van der Waals surface area (Å²) in [6.07, 6.45) is 5.44. The van der Waals surface area contributed by atoms with Gasteiger partial charge in [0.2, 0.25) is 0 Å². The summed E-state index contributed by atoms with van der Waals surface area (Å²) in [5, 5.41) is 1.09. The molecule has 4 aromatic rings. The number of ether oxygens (including phenoxy) is 1. The first-order valence-corrected chi connectivity index (χ1v) is 11.7. The van der Waals surface area contributed by atoms with Crippen molar-refractivity contribution < 1.29 is 9.13 Å². The maximum absolute atomic E-state index is 13.4. The van der Waals surface area contributed by atoms with E-state index in [9.17, 15) is 4.39 Å². The second-order valence-electron chi connectivity index (χ2n) is 8.30. The zero-order valence-corrected chi connectivity index (χ0v) is 18.0. The molecule has 8 heteroatoms. The van der Waals surface area contributed by atoms with Crippen LogP contribution in [0.2, 0.25) is 0 Å². The quantitative estimate of drug-likeness (QED) is 0.510. The van der Waals surface area contributed by atoms with Crippen LogP contribution in [-0.2, 0) is 4.74 Å². The van der Waals surface area contributed by atoms with Crippen molar-refractivity contribution in [1.82, 2.24) is 15.0 Å². The highest BCUT2D eigenvalue weighted by Crippen LogP contribution is 2.36. The monoisotopic (exact) mass is 437 g/mol. The fourth-order valence-electron chi connectivity index (χ4n) is 4.75. The van der Waals surface area contributed by atoms with Gasteiger partial charge >= 0.3 is 0 Å². The summed E-state index contributed by atoms with van der Waals surface area (Å²) in [6, 6.07) is 8.15. The van der Waals surface area contributed by atoms with E-state index in [-0.39, 0.29) is 5.82 Å². The number of pyridine rings is 1. The molecule has 160 valence electrons. The van der Waals surface area contributed by atoms with Crippen molar-refractivity contribution in [3.8, 4) is 0 Å². The number of piperidine rings is 1. The molecule has 6 rings (SSSR count). The molecule has 5 heterocycles. The molecule has 0 spiro atoms. The van der Waals surface area contributed by atoms with Crippen LogP contribution in [0, 0.1) is 5.82 Å². The van der Waals surface area contributed by atoms with E-state index in [0.29, 0.717) is 5.92 Å². The third-order valence-corrected chi connectivity index (χ3v) is 7.53. The lowest BCUT2D eigenvalue weighted by Gasteiger charge is -2.33. The number of nitrogens with zero attached hydrogens (tertiary/aromatic N) is 4. The molecule has 2 aliphatic rings. The van der Waals surface area contributed by atoms with Gasteiger partial charge in [0, 0.05) is 44.1 Å². The topological polar surface area (TPSA) is 57.3 Å². The molecule has 2 fully saturated rings. The number of hydrogen-bond donors (Lipinski definition) is 1. The molecule has 31 heavy (non-hydrogen) atoms. The normalized spacial score (nSPS) is 18.4. The van der Waals surface area contributed by atoms with Gasteiger partial charge < -0.3 is 19.5 Å². The van der Waals surface area contributed by atoms with Gasteiger partial charge in [0.25, 0.3) is 0 Å².